The highest BCUT2D eigenvalue weighted by Gasteiger charge is 2.09. The van der Waals surface area contributed by atoms with Crippen molar-refractivity contribution >= 4 is 40.9 Å². The summed E-state index contributed by atoms with van der Waals surface area (Å²) in [5.74, 6) is 1.63. The predicted molar refractivity (Wildman–Crippen MR) is 96.1 cm³/mol. The van der Waals surface area contributed by atoms with Crippen LogP contribution in [0.2, 0.25) is 10.0 Å². The molecule has 1 amide bonds. The third-order valence-electron chi connectivity index (χ3n) is 3.23. The van der Waals surface area contributed by atoms with Gasteiger partial charge in [-0.15, -0.1) is 0 Å². The van der Waals surface area contributed by atoms with Gasteiger partial charge >= 0.3 is 0 Å². The molecule has 2 aromatic carbocycles. The second kappa shape index (κ2) is 8.47. The van der Waals surface area contributed by atoms with E-state index in [4.69, 9.17) is 23.2 Å². The highest BCUT2D eigenvalue weighted by molar-refractivity contribution is 7.98. The van der Waals surface area contributed by atoms with Crippen LogP contribution in [-0.2, 0) is 5.75 Å². The molecule has 0 atom stereocenters. The molecular weight excluding hydrogens is 337 g/mol. The van der Waals surface area contributed by atoms with Gasteiger partial charge in [0, 0.05) is 23.1 Å². The Morgan fingerprint density at radius 3 is 2.68 bits per heavy atom. The normalized spacial score (nSPS) is 10.5. The average Bonchev–Trinajstić information content (AvgIpc) is 2.48. The van der Waals surface area contributed by atoms with E-state index in [0.29, 0.717) is 22.2 Å². The van der Waals surface area contributed by atoms with Gasteiger partial charge in [0.05, 0.1) is 10.6 Å². The Kier molecular flexibility index (Phi) is 6.62. The molecule has 0 fully saturated rings. The van der Waals surface area contributed by atoms with Crippen LogP contribution in [0.4, 0.5) is 0 Å². The summed E-state index contributed by atoms with van der Waals surface area (Å²) in [6.45, 7) is 2.72. The van der Waals surface area contributed by atoms with Crippen molar-refractivity contribution in [3.63, 3.8) is 0 Å². The van der Waals surface area contributed by atoms with Crippen molar-refractivity contribution in [2.75, 3.05) is 12.3 Å². The molecule has 1 N–H and O–H groups in total. The Labute approximate surface area is 145 Å². The minimum Gasteiger partial charge on any atom is -0.351 e. The van der Waals surface area contributed by atoms with Gasteiger partial charge in [0.1, 0.15) is 0 Å². The van der Waals surface area contributed by atoms with Crippen LogP contribution in [-0.4, -0.2) is 18.2 Å². The van der Waals surface area contributed by atoms with Crippen molar-refractivity contribution in [3.8, 4) is 0 Å². The molecule has 2 rings (SSSR count). The molecule has 0 heterocycles. The Morgan fingerprint density at radius 1 is 1.18 bits per heavy atom. The molecule has 2 aromatic rings. The second-order valence-corrected chi connectivity index (χ2v) is 6.81. The maximum atomic E-state index is 12.0. The van der Waals surface area contributed by atoms with E-state index in [1.165, 1.54) is 11.1 Å². The number of hydrogen-bond acceptors (Lipinski definition) is 2. The first-order valence-corrected chi connectivity index (χ1v) is 8.84. The summed E-state index contributed by atoms with van der Waals surface area (Å²) >= 11 is 13.6. The highest BCUT2D eigenvalue weighted by atomic mass is 35.5. The zero-order chi connectivity index (χ0) is 15.9. The number of halogens is 2. The SMILES string of the molecule is Cc1ccccc1CSCCNC(=O)c1ccc(Cl)cc1Cl. The third kappa shape index (κ3) is 4.94. The molecule has 22 heavy (non-hydrogen) atoms. The number of amides is 1. The summed E-state index contributed by atoms with van der Waals surface area (Å²) in [5.41, 5.74) is 3.08. The van der Waals surface area contributed by atoms with E-state index in [-0.39, 0.29) is 5.91 Å². The molecule has 2 nitrogen and oxygen atoms in total. The highest BCUT2D eigenvalue weighted by Crippen LogP contribution is 2.21. The minimum absolute atomic E-state index is 0.168. The zero-order valence-electron chi connectivity index (χ0n) is 12.2. The number of thioether (sulfide) groups is 1. The molecule has 0 radical (unpaired) electrons. The Morgan fingerprint density at radius 2 is 1.95 bits per heavy atom. The van der Waals surface area contributed by atoms with E-state index in [1.807, 2.05) is 12.1 Å². The van der Waals surface area contributed by atoms with Crippen molar-refractivity contribution < 1.29 is 4.79 Å². The summed E-state index contributed by atoms with van der Waals surface area (Å²) in [7, 11) is 0. The molecule has 0 aliphatic carbocycles. The molecule has 0 bridgehead atoms. The molecule has 0 spiro atoms. The predicted octanol–water partition coefficient (Wildman–Crippen LogP) is 4.97. The molecule has 0 saturated carbocycles. The van der Waals surface area contributed by atoms with Gasteiger partial charge in [-0.1, -0.05) is 47.5 Å². The van der Waals surface area contributed by atoms with Gasteiger partial charge in [-0.2, -0.15) is 11.8 Å². The van der Waals surface area contributed by atoms with E-state index >= 15 is 0 Å². The molecular formula is C17H17Cl2NOS. The zero-order valence-corrected chi connectivity index (χ0v) is 14.6. The minimum atomic E-state index is -0.168. The molecule has 116 valence electrons. The number of hydrogen-bond donors (Lipinski definition) is 1. The number of nitrogens with one attached hydrogen (secondary N) is 1. The first-order chi connectivity index (χ1) is 10.6. The smallest absolute Gasteiger partial charge is 0.252 e. The molecule has 0 saturated heterocycles. The lowest BCUT2D eigenvalue weighted by molar-refractivity contribution is 0.0956. The standard InChI is InChI=1S/C17H17Cl2NOS/c1-12-4-2-3-5-13(12)11-22-9-8-20-17(21)15-7-6-14(18)10-16(15)19/h2-7,10H,8-9,11H2,1H3,(H,20,21). The van der Waals surface area contributed by atoms with Gasteiger partial charge < -0.3 is 5.32 Å². The topological polar surface area (TPSA) is 29.1 Å². The van der Waals surface area contributed by atoms with Crippen molar-refractivity contribution in [2.24, 2.45) is 0 Å². The van der Waals surface area contributed by atoms with Gasteiger partial charge in [-0.25, -0.2) is 0 Å². The first-order valence-electron chi connectivity index (χ1n) is 6.93. The fourth-order valence-corrected chi connectivity index (χ4v) is 3.39. The van der Waals surface area contributed by atoms with E-state index in [2.05, 4.69) is 24.4 Å². The maximum Gasteiger partial charge on any atom is 0.252 e. The lowest BCUT2D eigenvalue weighted by Crippen LogP contribution is -2.26. The largest absolute Gasteiger partial charge is 0.351 e. The van der Waals surface area contributed by atoms with Gasteiger partial charge in [-0.05, 0) is 36.2 Å². The first kappa shape index (κ1) is 17.2. The van der Waals surface area contributed by atoms with Crippen LogP contribution in [0.5, 0.6) is 0 Å². The fraction of sp³-hybridized carbons (Fsp3) is 0.235. The average molecular weight is 354 g/mol. The fourth-order valence-electron chi connectivity index (χ4n) is 1.96. The van der Waals surface area contributed by atoms with Crippen molar-refractivity contribution in [2.45, 2.75) is 12.7 Å². The lowest BCUT2D eigenvalue weighted by atomic mass is 10.1. The third-order valence-corrected chi connectivity index (χ3v) is 4.78. The monoisotopic (exact) mass is 353 g/mol. The lowest BCUT2D eigenvalue weighted by Gasteiger charge is -2.08. The summed E-state index contributed by atoms with van der Waals surface area (Å²) in [5, 5.41) is 3.77. The van der Waals surface area contributed by atoms with E-state index in [0.717, 1.165) is 11.5 Å². The van der Waals surface area contributed by atoms with Crippen molar-refractivity contribution in [3.05, 3.63) is 69.2 Å². The van der Waals surface area contributed by atoms with E-state index in [1.54, 1.807) is 30.0 Å². The Hall–Kier alpha value is -1.16. The van der Waals surface area contributed by atoms with Gasteiger partial charge in [0.2, 0.25) is 0 Å². The molecule has 0 aromatic heterocycles. The molecule has 0 aliphatic heterocycles. The maximum absolute atomic E-state index is 12.0. The Bertz CT molecular complexity index is 661. The molecule has 0 unspecified atom stereocenters. The van der Waals surface area contributed by atoms with Crippen molar-refractivity contribution in [1.29, 1.82) is 0 Å². The number of rotatable bonds is 6. The summed E-state index contributed by atoms with van der Waals surface area (Å²) < 4.78 is 0. The van der Waals surface area contributed by atoms with Crippen LogP contribution in [0.1, 0.15) is 21.5 Å². The number of benzene rings is 2. The van der Waals surface area contributed by atoms with E-state index < -0.39 is 0 Å². The van der Waals surface area contributed by atoms with Crippen LogP contribution in [0.15, 0.2) is 42.5 Å². The van der Waals surface area contributed by atoms with E-state index in [9.17, 15) is 4.79 Å². The van der Waals surface area contributed by atoms with Gasteiger partial charge in [0.25, 0.3) is 5.91 Å². The van der Waals surface area contributed by atoms with Gasteiger partial charge in [0.15, 0.2) is 0 Å². The summed E-state index contributed by atoms with van der Waals surface area (Å²) in [4.78, 5) is 12.0. The number of carbonyl (C=O) groups excluding carboxylic acids is 1. The summed E-state index contributed by atoms with van der Waals surface area (Å²) in [6, 6.07) is 13.2. The Balaban J connectivity index is 1.75. The number of aryl methyl sites for hydroxylation is 1. The van der Waals surface area contributed by atoms with Crippen LogP contribution < -0.4 is 5.32 Å². The van der Waals surface area contributed by atoms with Crippen LogP contribution in [0, 0.1) is 6.92 Å². The second-order valence-electron chi connectivity index (χ2n) is 4.86. The molecule has 0 aliphatic rings. The number of carbonyl (C=O) groups is 1. The van der Waals surface area contributed by atoms with Crippen molar-refractivity contribution in [1.82, 2.24) is 5.32 Å². The quantitative estimate of drug-likeness (QED) is 0.743. The van der Waals surface area contributed by atoms with Gasteiger partial charge in [-0.3, -0.25) is 4.79 Å². The summed E-state index contributed by atoms with van der Waals surface area (Å²) in [6.07, 6.45) is 0. The van der Waals surface area contributed by atoms with Crippen LogP contribution in [0.25, 0.3) is 0 Å². The molecule has 5 heteroatoms. The van der Waals surface area contributed by atoms with Crippen LogP contribution >= 0.6 is 35.0 Å². The van der Waals surface area contributed by atoms with Crippen LogP contribution in [0.3, 0.4) is 0 Å².